The predicted octanol–water partition coefficient (Wildman–Crippen LogP) is 2.14. The maximum Gasteiger partial charge on any atom is 0.237 e. The van der Waals surface area contributed by atoms with E-state index in [1.54, 1.807) is 0 Å². The second kappa shape index (κ2) is 7.57. The third-order valence-electron chi connectivity index (χ3n) is 3.80. The number of rotatable bonds is 5. The summed E-state index contributed by atoms with van der Waals surface area (Å²) in [6.45, 7) is 9.74. The summed E-state index contributed by atoms with van der Waals surface area (Å²) in [5.41, 5.74) is 1.18. The Labute approximate surface area is 127 Å². The minimum absolute atomic E-state index is 0.197. The van der Waals surface area contributed by atoms with Crippen LogP contribution in [-0.4, -0.2) is 54.1 Å². The lowest BCUT2D eigenvalue weighted by atomic mass is 10.2. The minimum Gasteiger partial charge on any atom is -0.373 e. The van der Waals surface area contributed by atoms with Gasteiger partial charge in [-0.25, -0.2) is 0 Å². The van der Waals surface area contributed by atoms with E-state index in [1.165, 1.54) is 5.56 Å². The maximum absolute atomic E-state index is 12.5. The monoisotopic (exact) mass is 290 g/mol. The van der Waals surface area contributed by atoms with E-state index < -0.39 is 0 Å². The molecule has 0 bridgehead atoms. The van der Waals surface area contributed by atoms with Gasteiger partial charge in [-0.2, -0.15) is 0 Å². The molecule has 2 atom stereocenters. The van der Waals surface area contributed by atoms with E-state index in [4.69, 9.17) is 4.74 Å². The van der Waals surface area contributed by atoms with Gasteiger partial charge in [0, 0.05) is 26.2 Å². The van der Waals surface area contributed by atoms with Crippen molar-refractivity contribution in [2.45, 2.75) is 39.5 Å². The number of morpholine rings is 1. The summed E-state index contributed by atoms with van der Waals surface area (Å²) < 4.78 is 5.71. The van der Waals surface area contributed by atoms with E-state index in [0.717, 1.165) is 19.6 Å². The van der Waals surface area contributed by atoms with Crippen molar-refractivity contribution in [1.29, 1.82) is 0 Å². The number of carbonyl (C=O) groups excluding carboxylic acids is 1. The summed E-state index contributed by atoms with van der Waals surface area (Å²) in [5.74, 6) is 0.197. The molecule has 0 N–H and O–H groups in total. The lowest BCUT2D eigenvalue weighted by molar-refractivity contribution is -0.136. The van der Waals surface area contributed by atoms with Crippen LogP contribution >= 0.6 is 0 Å². The smallest absolute Gasteiger partial charge is 0.237 e. The molecule has 0 spiro atoms. The van der Waals surface area contributed by atoms with Gasteiger partial charge in [-0.05, 0) is 26.3 Å². The number of hydrogen-bond acceptors (Lipinski definition) is 3. The molecular weight excluding hydrogens is 264 g/mol. The Morgan fingerprint density at radius 1 is 1.24 bits per heavy atom. The van der Waals surface area contributed by atoms with E-state index in [2.05, 4.69) is 30.9 Å². The van der Waals surface area contributed by atoms with E-state index in [9.17, 15) is 4.79 Å². The molecule has 116 valence electrons. The zero-order valence-electron chi connectivity index (χ0n) is 13.3. The third kappa shape index (κ3) is 4.83. The van der Waals surface area contributed by atoms with Crippen LogP contribution in [0.1, 0.15) is 26.3 Å². The lowest BCUT2D eigenvalue weighted by Gasteiger charge is -2.35. The summed E-state index contributed by atoms with van der Waals surface area (Å²) in [6.07, 6.45) is 0.400. The van der Waals surface area contributed by atoms with Gasteiger partial charge in [0.1, 0.15) is 0 Å². The lowest BCUT2D eigenvalue weighted by Crippen LogP contribution is -2.49. The Balaban J connectivity index is 1.91. The number of benzene rings is 1. The van der Waals surface area contributed by atoms with Crippen molar-refractivity contribution in [2.75, 3.05) is 26.2 Å². The molecule has 1 aliphatic heterocycles. The highest BCUT2D eigenvalue weighted by atomic mass is 16.5. The van der Waals surface area contributed by atoms with Gasteiger partial charge in [-0.15, -0.1) is 0 Å². The molecule has 4 heteroatoms. The normalized spacial score (nSPS) is 23.0. The fraction of sp³-hybridized carbons (Fsp3) is 0.588. The molecular formula is C17H26N2O2. The van der Waals surface area contributed by atoms with Crippen molar-refractivity contribution in [2.24, 2.45) is 0 Å². The fourth-order valence-electron chi connectivity index (χ4n) is 2.88. The van der Waals surface area contributed by atoms with Crippen LogP contribution in [0, 0.1) is 0 Å². The number of likely N-dealkylation sites (N-methyl/N-ethyl adjacent to an activating group) is 1. The van der Waals surface area contributed by atoms with Crippen molar-refractivity contribution < 1.29 is 9.53 Å². The average molecular weight is 290 g/mol. The minimum atomic E-state index is 0.197. The van der Waals surface area contributed by atoms with E-state index in [-0.39, 0.29) is 18.1 Å². The molecule has 1 aliphatic rings. The highest BCUT2D eigenvalue weighted by Gasteiger charge is 2.25. The molecule has 1 aromatic rings. The van der Waals surface area contributed by atoms with Crippen molar-refractivity contribution in [3.8, 4) is 0 Å². The van der Waals surface area contributed by atoms with Crippen LogP contribution < -0.4 is 0 Å². The van der Waals surface area contributed by atoms with Crippen molar-refractivity contribution in [1.82, 2.24) is 9.80 Å². The molecule has 1 fully saturated rings. The summed E-state index contributed by atoms with van der Waals surface area (Å²) in [5, 5.41) is 0. The molecule has 0 radical (unpaired) electrons. The summed E-state index contributed by atoms with van der Waals surface area (Å²) >= 11 is 0. The number of hydrogen-bond donors (Lipinski definition) is 0. The average Bonchev–Trinajstić information content (AvgIpc) is 2.44. The van der Waals surface area contributed by atoms with Crippen molar-refractivity contribution in [3.63, 3.8) is 0 Å². The highest BCUT2D eigenvalue weighted by molar-refractivity contribution is 5.78. The zero-order chi connectivity index (χ0) is 15.2. The molecule has 0 aliphatic carbocycles. The number of amides is 1. The largest absolute Gasteiger partial charge is 0.373 e. The van der Waals surface area contributed by atoms with Gasteiger partial charge < -0.3 is 9.64 Å². The van der Waals surface area contributed by atoms with E-state index in [1.807, 2.05) is 30.0 Å². The van der Waals surface area contributed by atoms with E-state index in [0.29, 0.717) is 13.1 Å². The molecule has 1 aromatic carbocycles. The maximum atomic E-state index is 12.5. The summed E-state index contributed by atoms with van der Waals surface area (Å²) in [7, 11) is 0. The first kappa shape index (κ1) is 16.0. The first-order valence-corrected chi connectivity index (χ1v) is 7.78. The van der Waals surface area contributed by atoms with Gasteiger partial charge in [0.05, 0.1) is 18.8 Å². The third-order valence-corrected chi connectivity index (χ3v) is 3.80. The zero-order valence-corrected chi connectivity index (χ0v) is 13.3. The highest BCUT2D eigenvalue weighted by Crippen LogP contribution is 2.11. The number of carbonyl (C=O) groups is 1. The van der Waals surface area contributed by atoms with Crippen LogP contribution in [0.5, 0.6) is 0 Å². The first-order chi connectivity index (χ1) is 10.1. The number of nitrogens with zero attached hydrogens (tertiary/aromatic N) is 2. The van der Waals surface area contributed by atoms with Gasteiger partial charge in [-0.3, -0.25) is 9.69 Å². The van der Waals surface area contributed by atoms with Gasteiger partial charge in [-0.1, -0.05) is 30.3 Å². The van der Waals surface area contributed by atoms with Crippen molar-refractivity contribution in [3.05, 3.63) is 35.9 Å². The van der Waals surface area contributed by atoms with Crippen LogP contribution in [0.4, 0.5) is 0 Å². The second-order valence-electron chi connectivity index (χ2n) is 5.84. The number of ether oxygens (including phenoxy) is 1. The molecule has 1 heterocycles. The summed E-state index contributed by atoms with van der Waals surface area (Å²) in [6, 6.07) is 10.2. The predicted molar refractivity (Wildman–Crippen MR) is 84.0 cm³/mol. The Morgan fingerprint density at radius 3 is 2.43 bits per heavy atom. The van der Waals surface area contributed by atoms with Crippen LogP contribution in [0.2, 0.25) is 0 Å². The van der Waals surface area contributed by atoms with Gasteiger partial charge >= 0.3 is 0 Å². The Kier molecular flexibility index (Phi) is 5.76. The van der Waals surface area contributed by atoms with Crippen LogP contribution in [-0.2, 0) is 16.1 Å². The van der Waals surface area contributed by atoms with Crippen LogP contribution in [0.15, 0.2) is 30.3 Å². The molecule has 2 unspecified atom stereocenters. The summed E-state index contributed by atoms with van der Waals surface area (Å²) in [4.78, 5) is 16.6. The molecule has 0 aromatic heterocycles. The molecule has 2 rings (SSSR count). The van der Waals surface area contributed by atoms with Gasteiger partial charge in [0.2, 0.25) is 5.91 Å². The molecule has 1 amide bonds. The molecule has 1 saturated heterocycles. The quantitative estimate of drug-likeness (QED) is 0.833. The molecule has 21 heavy (non-hydrogen) atoms. The van der Waals surface area contributed by atoms with E-state index >= 15 is 0 Å². The standard InChI is InChI=1S/C17H26N2O2/c1-4-19(12-16-8-6-5-7-9-16)17(20)13-18-10-14(2)21-15(3)11-18/h5-9,14-15H,4,10-13H2,1-3H3. The Hall–Kier alpha value is -1.39. The van der Waals surface area contributed by atoms with Gasteiger partial charge in [0.15, 0.2) is 0 Å². The van der Waals surface area contributed by atoms with Crippen LogP contribution in [0.3, 0.4) is 0 Å². The SMILES string of the molecule is CCN(Cc1ccccc1)C(=O)CN1CC(C)OC(C)C1. The Bertz CT molecular complexity index is 439. The molecule has 0 saturated carbocycles. The topological polar surface area (TPSA) is 32.8 Å². The fourth-order valence-corrected chi connectivity index (χ4v) is 2.88. The molecule has 4 nitrogen and oxygen atoms in total. The van der Waals surface area contributed by atoms with Gasteiger partial charge in [0.25, 0.3) is 0 Å². The first-order valence-electron chi connectivity index (χ1n) is 7.78. The second-order valence-corrected chi connectivity index (χ2v) is 5.84. The van der Waals surface area contributed by atoms with Crippen LogP contribution in [0.25, 0.3) is 0 Å². The Morgan fingerprint density at radius 2 is 1.86 bits per heavy atom. The van der Waals surface area contributed by atoms with Crippen molar-refractivity contribution >= 4 is 5.91 Å².